The number of rotatable bonds is 4. The highest BCUT2D eigenvalue weighted by Crippen LogP contribution is 2.09. The van der Waals surface area contributed by atoms with Gasteiger partial charge >= 0.3 is 0 Å². The van der Waals surface area contributed by atoms with Crippen molar-refractivity contribution in [1.82, 2.24) is 0 Å². The first-order valence-electron chi connectivity index (χ1n) is 3.81. The molecule has 0 spiro atoms. The van der Waals surface area contributed by atoms with Gasteiger partial charge in [0.05, 0.1) is 0 Å². The Labute approximate surface area is 53.3 Å². The Hall–Kier alpha value is 0. The van der Waals surface area contributed by atoms with E-state index in [-0.39, 0.29) is 0 Å². The number of hydrogen-bond donors (Lipinski definition) is 0. The molecule has 0 heterocycles. The third-order valence-electron chi connectivity index (χ3n) is 1.75. The molecule has 1 atom stereocenters. The van der Waals surface area contributed by atoms with Crippen molar-refractivity contribution in [2.75, 3.05) is 0 Å². The molecule has 8 heavy (non-hydrogen) atoms. The number of unbranched alkanes of at least 4 members (excludes halogenated alkanes) is 1. The SMILES string of the molecule is CCCC[C@H](C)CC. The normalized spacial score (nSPS) is 13.9. The highest BCUT2D eigenvalue weighted by Gasteiger charge is 1.94. The molecule has 0 aliphatic heterocycles. The van der Waals surface area contributed by atoms with Crippen LogP contribution in [0.15, 0.2) is 0 Å². The molecule has 0 rings (SSSR count). The third-order valence-corrected chi connectivity index (χ3v) is 1.75. The van der Waals surface area contributed by atoms with Gasteiger partial charge in [-0.1, -0.05) is 46.5 Å². The minimum Gasteiger partial charge on any atom is -0.0654 e. The van der Waals surface area contributed by atoms with Crippen molar-refractivity contribution in [3.05, 3.63) is 0 Å². The van der Waals surface area contributed by atoms with Crippen LogP contribution in [0.3, 0.4) is 0 Å². The summed E-state index contributed by atoms with van der Waals surface area (Å²) in [4.78, 5) is 0. The second-order valence-electron chi connectivity index (χ2n) is 2.66. The van der Waals surface area contributed by atoms with Crippen LogP contribution in [-0.2, 0) is 0 Å². The smallest absolute Gasteiger partial charge is 0.0445 e. The van der Waals surface area contributed by atoms with Gasteiger partial charge in [0.1, 0.15) is 0 Å². The summed E-state index contributed by atoms with van der Waals surface area (Å²) in [6.45, 7) is 6.85. The molecule has 0 aromatic carbocycles. The quantitative estimate of drug-likeness (QED) is 0.526. The lowest BCUT2D eigenvalue weighted by atomic mass is 10.0. The molecule has 0 amide bonds. The molecule has 0 fully saturated rings. The van der Waals surface area contributed by atoms with Crippen LogP contribution >= 0.6 is 0 Å². The molecule has 0 aliphatic rings. The van der Waals surface area contributed by atoms with Crippen molar-refractivity contribution in [2.45, 2.75) is 46.5 Å². The van der Waals surface area contributed by atoms with E-state index in [4.69, 9.17) is 0 Å². The van der Waals surface area contributed by atoms with Gasteiger partial charge in [-0.25, -0.2) is 0 Å². The van der Waals surface area contributed by atoms with Crippen molar-refractivity contribution < 1.29 is 0 Å². The molecule has 0 nitrogen and oxygen atoms in total. The van der Waals surface area contributed by atoms with Crippen LogP contribution in [0.25, 0.3) is 0 Å². The Balaban J connectivity index is 2.86. The predicted molar refractivity (Wildman–Crippen MR) is 39.0 cm³/mol. The molecule has 0 saturated carbocycles. The fourth-order valence-corrected chi connectivity index (χ4v) is 0.757. The maximum absolute atomic E-state index is 2.33. The summed E-state index contributed by atoms with van der Waals surface area (Å²) in [5, 5.41) is 0. The lowest BCUT2D eigenvalue weighted by Crippen LogP contribution is -1.89. The van der Waals surface area contributed by atoms with E-state index in [1.165, 1.54) is 25.7 Å². The molecule has 50 valence electrons. The van der Waals surface area contributed by atoms with Gasteiger partial charge in [-0.15, -0.1) is 0 Å². The molecule has 0 heteroatoms. The summed E-state index contributed by atoms with van der Waals surface area (Å²) in [5.41, 5.74) is 0. The molecule has 0 aromatic rings. The highest BCUT2D eigenvalue weighted by atomic mass is 14.0. The van der Waals surface area contributed by atoms with E-state index < -0.39 is 0 Å². The lowest BCUT2D eigenvalue weighted by Gasteiger charge is -2.04. The average Bonchev–Trinajstić information content (AvgIpc) is 1.83. The Bertz CT molecular complexity index is 39.3. The maximum atomic E-state index is 2.33. The van der Waals surface area contributed by atoms with Crippen molar-refractivity contribution in [3.8, 4) is 0 Å². The summed E-state index contributed by atoms with van der Waals surface area (Å²) < 4.78 is 0. The van der Waals surface area contributed by atoms with Gasteiger partial charge in [0.15, 0.2) is 0 Å². The molecule has 0 saturated heterocycles. The van der Waals surface area contributed by atoms with Gasteiger partial charge in [-0.2, -0.15) is 0 Å². The van der Waals surface area contributed by atoms with Crippen LogP contribution in [0.4, 0.5) is 0 Å². The van der Waals surface area contributed by atoms with Crippen molar-refractivity contribution in [3.63, 3.8) is 0 Å². The molecule has 0 aliphatic carbocycles. The van der Waals surface area contributed by atoms with Crippen LogP contribution in [0.1, 0.15) is 46.5 Å². The van der Waals surface area contributed by atoms with E-state index in [2.05, 4.69) is 20.8 Å². The number of hydrogen-bond acceptors (Lipinski definition) is 0. The van der Waals surface area contributed by atoms with Crippen molar-refractivity contribution in [2.24, 2.45) is 5.92 Å². The Kier molecular flexibility index (Phi) is 5.14. The molecular weight excluding hydrogens is 96.1 g/mol. The zero-order chi connectivity index (χ0) is 6.41. The first kappa shape index (κ1) is 8.00. The van der Waals surface area contributed by atoms with Crippen LogP contribution in [-0.4, -0.2) is 0 Å². The summed E-state index contributed by atoms with van der Waals surface area (Å²) in [7, 11) is 0. The van der Waals surface area contributed by atoms with E-state index in [9.17, 15) is 0 Å². The van der Waals surface area contributed by atoms with Gasteiger partial charge < -0.3 is 0 Å². The minimum absolute atomic E-state index is 0.954. The molecule has 0 unspecified atom stereocenters. The monoisotopic (exact) mass is 114 g/mol. The Morgan fingerprint density at radius 1 is 1.25 bits per heavy atom. The summed E-state index contributed by atoms with van der Waals surface area (Å²) >= 11 is 0. The molecule has 0 radical (unpaired) electrons. The fourth-order valence-electron chi connectivity index (χ4n) is 0.757. The predicted octanol–water partition coefficient (Wildman–Crippen LogP) is 3.22. The molecule has 0 bridgehead atoms. The van der Waals surface area contributed by atoms with Crippen molar-refractivity contribution >= 4 is 0 Å². The summed E-state index contributed by atoms with van der Waals surface area (Å²) in [6, 6.07) is 0. The molecule has 0 aromatic heterocycles. The molecular formula is C8H18. The standard InChI is InChI=1S/C8H18/c1-4-6-7-8(3)5-2/h8H,4-7H2,1-3H3/t8-/m1/s1. The third kappa shape index (κ3) is 4.17. The zero-order valence-electron chi connectivity index (χ0n) is 6.41. The van der Waals surface area contributed by atoms with Gasteiger partial charge in [-0.3, -0.25) is 0 Å². The average molecular weight is 114 g/mol. The van der Waals surface area contributed by atoms with Gasteiger partial charge in [0, 0.05) is 0 Å². The topological polar surface area (TPSA) is 0 Å². The second-order valence-corrected chi connectivity index (χ2v) is 2.66. The fraction of sp³-hybridized carbons (Fsp3) is 1.00. The molecule has 0 N–H and O–H groups in total. The zero-order valence-corrected chi connectivity index (χ0v) is 6.41. The minimum atomic E-state index is 0.954. The van der Waals surface area contributed by atoms with Crippen LogP contribution in [0.5, 0.6) is 0 Å². The van der Waals surface area contributed by atoms with Crippen LogP contribution in [0.2, 0.25) is 0 Å². The van der Waals surface area contributed by atoms with E-state index in [1.807, 2.05) is 0 Å². The van der Waals surface area contributed by atoms with Crippen molar-refractivity contribution in [1.29, 1.82) is 0 Å². The Morgan fingerprint density at radius 3 is 2.25 bits per heavy atom. The highest BCUT2D eigenvalue weighted by molar-refractivity contribution is 4.47. The van der Waals surface area contributed by atoms with Crippen LogP contribution in [0, 0.1) is 5.92 Å². The second kappa shape index (κ2) is 5.14. The maximum Gasteiger partial charge on any atom is -0.0445 e. The summed E-state index contributed by atoms with van der Waals surface area (Å²) in [5.74, 6) is 0.954. The van der Waals surface area contributed by atoms with E-state index >= 15 is 0 Å². The van der Waals surface area contributed by atoms with Gasteiger partial charge in [0.25, 0.3) is 0 Å². The largest absolute Gasteiger partial charge is 0.0654 e. The van der Waals surface area contributed by atoms with Gasteiger partial charge in [0.2, 0.25) is 0 Å². The summed E-state index contributed by atoms with van der Waals surface area (Å²) in [6.07, 6.45) is 5.53. The van der Waals surface area contributed by atoms with Crippen LogP contribution < -0.4 is 0 Å². The van der Waals surface area contributed by atoms with E-state index in [1.54, 1.807) is 0 Å². The van der Waals surface area contributed by atoms with E-state index in [0.717, 1.165) is 5.92 Å². The van der Waals surface area contributed by atoms with E-state index in [0.29, 0.717) is 0 Å². The Morgan fingerprint density at radius 2 is 1.88 bits per heavy atom. The van der Waals surface area contributed by atoms with Gasteiger partial charge in [-0.05, 0) is 5.92 Å². The first-order chi connectivity index (χ1) is 3.81. The first-order valence-corrected chi connectivity index (χ1v) is 3.81. The lowest BCUT2D eigenvalue weighted by molar-refractivity contribution is 0.492.